The first kappa shape index (κ1) is 11.4. The molecule has 96 valence electrons. The van der Waals surface area contributed by atoms with E-state index >= 15 is 0 Å². The molecule has 0 saturated carbocycles. The Balaban J connectivity index is 1.90. The number of fused-ring (bicyclic) bond motifs is 4. The maximum Gasteiger partial charge on any atom is 0.314 e. The Kier molecular flexibility index (Phi) is 2.65. The lowest BCUT2D eigenvalue weighted by Gasteiger charge is -2.40. The molecular formula is C12H18O5. The van der Waals surface area contributed by atoms with Gasteiger partial charge in [-0.3, -0.25) is 4.79 Å². The van der Waals surface area contributed by atoms with Gasteiger partial charge in [-0.1, -0.05) is 6.92 Å². The second-order valence-electron chi connectivity index (χ2n) is 5.29. The minimum Gasteiger partial charge on any atom is -0.433 e. The van der Waals surface area contributed by atoms with Crippen LogP contribution in [0.4, 0.5) is 0 Å². The highest BCUT2D eigenvalue weighted by Gasteiger charge is 2.54. The summed E-state index contributed by atoms with van der Waals surface area (Å²) in [4.78, 5) is 12.0. The smallest absolute Gasteiger partial charge is 0.314 e. The van der Waals surface area contributed by atoms with E-state index in [1.54, 1.807) is 0 Å². The van der Waals surface area contributed by atoms with Crippen molar-refractivity contribution in [2.75, 3.05) is 13.2 Å². The Morgan fingerprint density at radius 3 is 2.71 bits per heavy atom. The Hall–Kier alpha value is -0.650. The van der Waals surface area contributed by atoms with Gasteiger partial charge in [0.2, 0.25) is 5.79 Å². The molecule has 4 aliphatic rings. The maximum absolute atomic E-state index is 12.0. The predicted molar refractivity (Wildman–Crippen MR) is 57.0 cm³/mol. The van der Waals surface area contributed by atoms with E-state index in [0.717, 1.165) is 12.8 Å². The number of hydrogen-bond donors (Lipinski definition) is 0. The number of carbonyl (C=O) groups excluding carboxylic acids is 1. The molecule has 4 heterocycles. The Morgan fingerprint density at radius 1 is 1.29 bits per heavy atom. The fraction of sp³-hybridized carbons (Fsp3) is 0.917. The van der Waals surface area contributed by atoms with Crippen molar-refractivity contribution in [3.8, 4) is 0 Å². The third-order valence-electron chi connectivity index (χ3n) is 3.91. The molecule has 0 aromatic heterocycles. The topological polar surface area (TPSA) is 54.0 Å². The molecule has 4 rings (SSSR count). The SMILES string of the molecule is C[C@@H]1CC[C@]2(C)OC(=O)[C@H]1[C@@H](C1OCCO1)O2. The molecule has 0 radical (unpaired) electrons. The van der Waals surface area contributed by atoms with Crippen LogP contribution in [-0.4, -0.2) is 37.4 Å². The van der Waals surface area contributed by atoms with E-state index in [1.807, 2.05) is 6.92 Å². The molecule has 4 atom stereocenters. The molecule has 0 N–H and O–H groups in total. The minimum absolute atomic E-state index is 0.173. The third kappa shape index (κ3) is 1.86. The molecule has 0 aromatic carbocycles. The van der Waals surface area contributed by atoms with Crippen molar-refractivity contribution >= 4 is 5.97 Å². The standard InChI is InChI=1S/C12H18O5/c1-7-3-4-12(2)16-9(8(7)10(13)17-12)11-14-5-6-15-11/h7-9,11H,3-6H2,1-2H3/t7-,8-,9+,12+/m1/s1. The van der Waals surface area contributed by atoms with E-state index in [2.05, 4.69) is 6.92 Å². The normalized spacial score (nSPS) is 46.9. The van der Waals surface area contributed by atoms with E-state index in [4.69, 9.17) is 18.9 Å². The average molecular weight is 242 g/mol. The molecule has 17 heavy (non-hydrogen) atoms. The quantitative estimate of drug-likeness (QED) is 0.644. The Bertz CT molecular complexity index is 325. The zero-order valence-electron chi connectivity index (χ0n) is 10.2. The van der Waals surface area contributed by atoms with Gasteiger partial charge in [-0.05, 0) is 12.3 Å². The zero-order valence-corrected chi connectivity index (χ0v) is 10.2. The van der Waals surface area contributed by atoms with Gasteiger partial charge in [-0.2, -0.15) is 0 Å². The van der Waals surface area contributed by atoms with E-state index < -0.39 is 12.1 Å². The number of rotatable bonds is 1. The number of carbonyl (C=O) groups is 1. The molecule has 0 unspecified atom stereocenters. The number of ether oxygens (including phenoxy) is 4. The molecule has 2 bridgehead atoms. The van der Waals surface area contributed by atoms with Gasteiger partial charge in [-0.15, -0.1) is 0 Å². The van der Waals surface area contributed by atoms with Gasteiger partial charge < -0.3 is 18.9 Å². The average Bonchev–Trinajstić information content (AvgIpc) is 2.72. The molecule has 4 saturated heterocycles. The van der Waals surface area contributed by atoms with Crippen LogP contribution in [0.25, 0.3) is 0 Å². The van der Waals surface area contributed by atoms with E-state index in [9.17, 15) is 4.79 Å². The van der Waals surface area contributed by atoms with Crippen LogP contribution in [0, 0.1) is 11.8 Å². The van der Waals surface area contributed by atoms with E-state index in [1.165, 1.54) is 0 Å². The molecule has 4 aliphatic heterocycles. The van der Waals surface area contributed by atoms with Crippen LogP contribution in [0.15, 0.2) is 0 Å². The highest BCUT2D eigenvalue weighted by molar-refractivity contribution is 5.75. The van der Waals surface area contributed by atoms with Crippen molar-refractivity contribution in [2.24, 2.45) is 11.8 Å². The van der Waals surface area contributed by atoms with Crippen molar-refractivity contribution in [3.05, 3.63) is 0 Å². The number of esters is 1. The highest BCUT2D eigenvalue weighted by Crippen LogP contribution is 2.43. The second kappa shape index (κ2) is 3.93. The first-order chi connectivity index (χ1) is 8.09. The Morgan fingerprint density at radius 2 is 2.00 bits per heavy atom. The lowest BCUT2D eigenvalue weighted by molar-refractivity contribution is -0.306. The third-order valence-corrected chi connectivity index (χ3v) is 3.91. The summed E-state index contributed by atoms with van der Waals surface area (Å²) < 4.78 is 22.3. The molecule has 5 heteroatoms. The van der Waals surface area contributed by atoms with Crippen molar-refractivity contribution < 1.29 is 23.7 Å². The molecule has 4 fully saturated rings. The fourth-order valence-corrected chi connectivity index (χ4v) is 2.93. The lowest BCUT2D eigenvalue weighted by Crippen LogP contribution is -2.53. The summed E-state index contributed by atoms with van der Waals surface area (Å²) in [7, 11) is 0. The second-order valence-corrected chi connectivity index (χ2v) is 5.29. The van der Waals surface area contributed by atoms with Gasteiger partial charge in [0.1, 0.15) is 6.10 Å². The van der Waals surface area contributed by atoms with Crippen LogP contribution in [-0.2, 0) is 23.7 Å². The van der Waals surface area contributed by atoms with Gasteiger partial charge in [0.25, 0.3) is 0 Å². The minimum atomic E-state index is -0.807. The van der Waals surface area contributed by atoms with Gasteiger partial charge >= 0.3 is 5.97 Å². The fourth-order valence-electron chi connectivity index (χ4n) is 2.93. The van der Waals surface area contributed by atoms with Crippen LogP contribution in [0.3, 0.4) is 0 Å². The van der Waals surface area contributed by atoms with E-state index in [-0.39, 0.29) is 23.9 Å². The van der Waals surface area contributed by atoms with Gasteiger partial charge in [0.05, 0.1) is 19.1 Å². The maximum atomic E-state index is 12.0. The molecule has 0 spiro atoms. The van der Waals surface area contributed by atoms with Crippen molar-refractivity contribution in [3.63, 3.8) is 0 Å². The first-order valence-electron chi connectivity index (χ1n) is 6.23. The van der Waals surface area contributed by atoms with Crippen molar-refractivity contribution in [2.45, 2.75) is 44.9 Å². The van der Waals surface area contributed by atoms with Gasteiger partial charge in [0, 0.05) is 13.3 Å². The van der Waals surface area contributed by atoms with Crippen LogP contribution in [0.5, 0.6) is 0 Å². The summed E-state index contributed by atoms with van der Waals surface area (Å²) >= 11 is 0. The molecule has 5 nitrogen and oxygen atoms in total. The molecule has 0 aromatic rings. The zero-order chi connectivity index (χ0) is 12.0. The van der Waals surface area contributed by atoms with Crippen LogP contribution in [0.2, 0.25) is 0 Å². The highest BCUT2D eigenvalue weighted by atomic mass is 16.8. The predicted octanol–water partition coefficient (Wildman–Crippen LogP) is 1.06. The summed E-state index contributed by atoms with van der Waals surface area (Å²) in [5, 5.41) is 0. The summed E-state index contributed by atoms with van der Waals surface area (Å²) in [6.45, 7) is 5.02. The first-order valence-corrected chi connectivity index (χ1v) is 6.23. The van der Waals surface area contributed by atoms with Crippen molar-refractivity contribution in [1.82, 2.24) is 0 Å². The van der Waals surface area contributed by atoms with Crippen LogP contribution < -0.4 is 0 Å². The summed E-state index contributed by atoms with van der Waals surface area (Å²) in [5.41, 5.74) is 0. The largest absolute Gasteiger partial charge is 0.433 e. The van der Waals surface area contributed by atoms with Gasteiger partial charge in [0.15, 0.2) is 6.29 Å². The van der Waals surface area contributed by atoms with Crippen LogP contribution >= 0.6 is 0 Å². The van der Waals surface area contributed by atoms with Gasteiger partial charge in [-0.25, -0.2) is 0 Å². The molecular weight excluding hydrogens is 224 g/mol. The Labute approximate surface area is 100 Å². The number of hydrogen-bond acceptors (Lipinski definition) is 5. The van der Waals surface area contributed by atoms with Crippen LogP contribution in [0.1, 0.15) is 26.7 Å². The molecule has 0 amide bonds. The summed E-state index contributed by atoms with van der Waals surface area (Å²) in [6, 6.07) is 0. The summed E-state index contributed by atoms with van der Waals surface area (Å²) in [6.07, 6.45) is 0.907. The monoisotopic (exact) mass is 242 g/mol. The van der Waals surface area contributed by atoms with E-state index in [0.29, 0.717) is 13.2 Å². The van der Waals surface area contributed by atoms with Crippen molar-refractivity contribution in [1.29, 1.82) is 0 Å². The molecule has 0 aliphatic carbocycles. The lowest BCUT2D eigenvalue weighted by atomic mass is 9.86. The summed E-state index contributed by atoms with van der Waals surface area (Å²) in [5.74, 6) is -1.01.